The number of fused-ring (bicyclic) bond motifs is 3. The van der Waals surface area contributed by atoms with Crippen molar-refractivity contribution in [3.8, 4) is 28.8 Å². The van der Waals surface area contributed by atoms with Crippen LogP contribution in [0, 0.1) is 17.6 Å². The summed E-state index contributed by atoms with van der Waals surface area (Å²) in [5.41, 5.74) is 0.401. The lowest BCUT2D eigenvalue weighted by Crippen LogP contribution is -2.43. The van der Waals surface area contributed by atoms with E-state index >= 15 is 8.78 Å². The summed E-state index contributed by atoms with van der Waals surface area (Å²) >= 11 is 0. The Balaban J connectivity index is 1.22. The first-order chi connectivity index (χ1) is 23.8. The van der Waals surface area contributed by atoms with E-state index in [0.717, 1.165) is 51.5 Å². The standard InChI is InChI=1S/C37H41F3N6O3/c1-2-22-16-41-35-30-27(9-5-19-13-28(19)42-22)43-32(25-14-23(47)12-20-4-8-26(39)34(29(20)25)49-24-6-7-24)31(40)33(30)44-36(45-35)48-18-37-10-3-11-46(37)17-21(38)15-37/h4,8,12,14,19,21-22,24,28,42,47H,2-3,5-7,9-11,13,15-18H2,1H3,(H,41,44,45)/t19-,21+,22+,28-,37-/m0/s1. The minimum atomic E-state index is -0.915. The molecule has 5 atom stereocenters. The van der Waals surface area contributed by atoms with Gasteiger partial charge in [-0.2, -0.15) is 9.97 Å². The Labute approximate surface area is 282 Å². The second kappa shape index (κ2) is 11.9. The van der Waals surface area contributed by atoms with Crippen LogP contribution in [0.25, 0.3) is 32.9 Å². The molecule has 49 heavy (non-hydrogen) atoms. The van der Waals surface area contributed by atoms with E-state index in [-0.39, 0.29) is 53.0 Å². The van der Waals surface area contributed by atoms with Gasteiger partial charge in [0.1, 0.15) is 35.6 Å². The third-order valence-corrected chi connectivity index (χ3v) is 11.3. The van der Waals surface area contributed by atoms with Gasteiger partial charge < -0.3 is 25.2 Å². The molecule has 2 saturated heterocycles. The number of rotatable bonds is 7. The highest BCUT2D eigenvalue weighted by molar-refractivity contribution is 6.03. The van der Waals surface area contributed by atoms with Crippen molar-refractivity contribution in [2.45, 2.75) is 94.6 Å². The molecule has 12 heteroatoms. The van der Waals surface area contributed by atoms with E-state index in [4.69, 9.17) is 24.4 Å². The molecule has 2 aromatic carbocycles. The fraction of sp³-hybridized carbons (Fsp3) is 0.541. The minimum Gasteiger partial charge on any atom is -0.508 e. The van der Waals surface area contributed by atoms with Crippen molar-refractivity contribution in [1.82, 2.24) is 25.2 Å². The number of hydrogen-bond acceptors (Lipinski definition) is 9. The number of ether oxygens (including phenoxy) is 2. The number of nitrogens with one attached hydrogen (secondary N) is 2. The highest BCUT2D eigenvalue weighted by atomic mass is 19.1. The predicted molar refractivity (Wildman–Crippen MR) is 180 cm³/mol. The van der Waals surface area contributed by atoms with E-state index in [1.54, 1.807) is 6.07 Å². The molecule has 2 saturated carbocycles. The average molecular weight is 675 g/mol. The topological polar surface area (TPSA) is 105 Å². The number of halogens is 3. The zero-order chi connectivity index (χ0) is 33.4. The number of phenols is 1. The van der Waals surface area contributed by atoms with E-state index < -0.39 is 23.3 Å². The maximum atomic E-state index is 17.2. The zero-order valence-electron chi connectivity index (χ0n) is 27.6. The lowest BCUT2D eigenvalue weighted by Gasteiger charge is -2.30. The van der Waals surface area contributed by atoms with Gasteiger partial charge in [-0.05, 0) is 87.4 Å². The number of nitrogens with zero attached hydrogens (tertiary/aromatic N) is 4. The van der Waals surface area contributed by atoms with Gasteiger partial charge >= 0.3 is 6.01 Å². The van der Waals surface area contributed by atoms with Gasteiger partial charge in [0.15, 0.2) is 17.4 Å². The SMILES string of the molecule is CC[C@@H]1CNc2nc(OC[C@@]34CCCN3C[C@H](F)C4)nc3c(F)c(-c4cc(O)cc5ccc(F)c(OC6CC6)c45)nc(c23)CC[C@H]2C[C@@H]2N1. The third-order valence-electron chi connectivity index (χ3n) is 11.3. The molecular weight excluding hydrogens is 633 g/mol. The molecule has 5 aliphatic rings. The quantitative estimate of drug-likeness (QED) is 0.204. The number of pyridine rings is 1. The molecule has 2 aliphatic carbocycles. The van der Waals surface area contributed by atoms with Crippen LogP contribution >= 0.6 is 0 Å². The van der Waals surface area contributed by atoms with E-state index in [1.165, 1.54) is 18.2 Å². The molecule has 0 spiro atoms. The summed E-state index contributed by atoms with van der Waals surface area (Å²) in [5, 5.41) is 19.4. The van der Waals surface area contributed by atoms with Crippen molar-refractivity contribution in [3.63, 3.8) is 0 Å². The second-order valence-corrected chi connectivity index (χ2v) is 14.7. The van der Waals surface area contributed by atoms with Gasteiger partial charge in [0.2, 0.25) is 0 Å². The molecule has 3 N–H and O–H groups in total. The lowest BCUT2D eigenvalue weighted by atomic mass is 9.95. The number of hydrogen-bond donors (Lipinski definition) is 3. The number of aryl methyl sites for hydroxylation is 1. The molecule has 3 aliphatic heterocycles. The van der Waals surface area contributed by atoms with Gasteiger partial charge in [0.05, 0.1) is 22.7 Å². The Hall–Kier alpha value is -3.90. The smallest absolute Gasteiger partial charge is 0.319 e. The van der Waals surface area contributed by atoms with Crippen LogP contribution in [0.3, 0.4) is 0 Å². The van der Waals surface area contributed by atoms with Gasteiger partial charge in [-0.15, -0.1) is 0 Å². The van der Waals surface area contributed by atoms with Gasteiger partial charge in [0, 0.05) is 42.5 Å². The number of anilines is 1. The van der Waals surface area contributed by atoms with Crippen molar-refractivity contribution in [3.05, 3.63) is 41.6 Å². The number of benzene rings is 2. The van der Waals surface area contributed by atoms with Crippen molar-refractivity contribution >= 4 is 27.5 Å². The van der Waals surface area contributed by atoms with Crippen LogP contribution in [0.2, 0.25) is 0 Å². The maximum Gasteiger partial charge on any atom is 0.319 e. The molecule has 5 heterocycles. The summed E-state index contributed by atoms with van der Waals surface area (Å²) in [6.45, 7) is 4.11. The summed E-state index contributed by atoms with van der Waals surface area (Å²) in [4.78, 5) is 16.6. The fourth-order valence-corrected chi connectivity index (χ4v) is 8.41. The summed E-state index contributed by atoms with van der Waals surface area (Å²) in [6.07, 6.45) is 6.13. The normalized spacial score (nSPS) is 28.2. The predicted octanol–water partition coefficient (Wildman–Crippen LogP) is 6.44. The summed E-state index contributed by atoms with van der Waals surface area (Å²) in [7, 11) is 0. The van der Waals surface area contributed by atoms with Gasteiger partial charge in [-0.1, -0.05) is 13.0 Å². The zero-order valence-corrected chi connectivity index (χ0v) is 27.6. The number of alkyl halides is 1. The maximum absolute atomic E-state index is 17.2. The monoisotopic (exact) mass is 674 g/mol. The molecule has 9 nitrogen and oxygen atoms in total. The van der Waals surface area contributed by atoms with Crippen LogP contribution in [0.5, 0.6) is 17.5 Å². The molecule has 4 fully saturated rings. The first kappa shape index (κ1) is 31.1. The van der Waals surface area contributed by atoms with Crippen LogP contribution in [0.15, 0.2) is 24.3 Å². The molecule has 0 unspecified atom stereocenters. The summed E-state index contributed by atoms with van der Waals surface area (Å²) in [5.74, 6) is -0.455. The average Bonchev–Trinajstić information content (AvgIpc) is 3.99. The van der Waals surface area contributed by atoms with Crippen LogP contribution < -0.4 is 20.1 Å². The van der Waals surface area contributed by atoms with E-state index in [2.05, 4.69) is 22.5 Å². The van der Waals surface area contributed by atoms with Crippen LogP contribution in [-0.2, 0) is 6.42 Å². The highest BCUT2D eigenvalue weighted by Gasteiger charge is 2.49. The van der Waals surface area contributed by atoms with E-state index in [9.17, 15) is 9.50 Å². The first-order valence-electron chi connectivity index (χ1n) is 17.8. The molecule has 0 bridgehead atoms. The van der Waals surface area contributed by atoms with Crippen LogP contribution in [0.4, 0.5) is 19.0 Å². The Kier molecular flexibility index (Phi) is 7.53. The lowest BCUT2D eigenvalue weighted by molar-refractivity contribution is 0.107. The first-order valence-corrected chi connectivity index (χ1v) is 17.8. The number of aromatic nitrogens is 3. The van der Waals surface area contributed by atoms with Crippen molar-refractivity contribution < 1.29 is 27.8 Å². The highest BCUT2D eigenvalue weighted by Crippen LogP contribution is 2.45. The van der Waals surface area contributed by atoms with Crippen molar-refractivity contribution in [1.29, 1.82) is 0 Å². The molecule has 2 aromatic heterocycles. The Morgan fingerprint density at radius 1 is 1.10 bits per heavy atom. The molecule has 4 aromatic rings. The summed E-state index contributed by atoms with van der Waals surface area (Å²) < 4.78 is 59.5. The minimum absolute atomic E-state index is 0.00354. The number of phenolic OH excluding ortho intramolecular Hbond substituents is 1. The Morgan fingerprint density at radius 3 is 2.82 bits per heavy atom. The second-order valence-electron chi connectivity index (χ2n) is 14.7. The van der Waals surface area contributed by atoms with Gasteiger partial charge in [0.25, 0.3) is 0 Å². The van der Waals surface area contributed by atoms with Gasteiger partial charge in [-0.25, -0.2) is 18.2 Å². The van der Waals surface area contributed by atoms with Crippen LogP contribution in [0.1, 0.15) is 64.0 Å². The number of aromatic hydroxyl groups is 1. The molecule has 258 valence electrons. The molecule has 0 amide bonds. The van der Waals surface area contributed by atoms with Crippen molar-refractivity contribution in [2.24, 2.45) is 5.92 Å². The fourth-order valence-electron chi connectivity index (χ4n) is 8.41. The largest absolute Gasteiger partial charge is 0.508 e. The Bertz CT molecular complexity index is 1960. The molecular formula is C37H41F3N6O3. The molecule has 9 rings (SSSR count). The van der Waals surface area contributed by atoms with Gasteiger partial charge in [-0.3, -0.25) is 4.90 Å². The Morgan fingerprint density at radius 2 is 1.98 bits per heavy atom. The molecule has 0 radical (unpaired) electrons. The third kappa shape index (κ3) is 5.60. The van der Waals surface area contributed by atoms with Crippen molar-refractivity contribution in [2.75, 3.05) is 31.6 Å². The van der Waals surface area contributed by atoms with Crippen LogP contribution in [-0.4, -0.2) is 81.1 Å². The van der Waals surface area contributed by atoms with E-state index in [0.29, 0.717) is 65.6 Å². The van der Waals surface area contributed by atoms with E-state index in [1.807, 2.05) is 0 Å². The summed E-state index contributed by atoms with van der Waals surface area (Å²) in [6, 6.07) is 6.40.